The first kappa shape index (κ1) is 13.1. The third-order valence-electron chi connectivity index (χ3n) is 3.92. The number of hydrogen-bond acceptors (Lipinski definition) is 2. The maximum Gasteiger partial charge on any atom is 0.137 e. The lowest BCUT2D eigenvalue weighted by Gasteiger charge is -2.20. The van der Waals surface area contributed by atoms with Crippen LogP contribution < -0.4 is 5.32 Å². The molecule has 0 amide bonds. The Bertz CT molecular complexity index is 515. The average Bonchev–Trinajstić information content (AvgIpc) is 2.70. The summed E-state index contributed by atoms with van der Waals surface area (Å²) in [6.07, 6.45) is 3.29. The summed E-state index contributed by atoms with van der Waals surface area (Å²) < 4.78 is 2.17. The zero-order valence-electron chi connectivity index (χ0n) is 11.8. The molecule has 3 heteroatoms. The van der Waals surface area contributed by atoms with Crippen molar-refractivity contribution in [2.45, 2.75) is 46.7 Å². The summed E-state index contributed by atoms with van der Waals surface area (Å²) in [4.78, 5) is 4.58. The van der Waals surface area contributed by atoms with E-state index in [4.69, 9.17) is 0 Å². The van der Waals surface area contributed by atoms with Crippen LogP contribution in [-0.4, -0.2) is 15.4 Å². The predicted octanol–water partition coefficient (Wildman–Crippen LogP) is 3.17. The number of rotatable bonds is 5. The molecule has 0 aliphatic carbocycles. The van der Waals surface area contributed by atoms with Crippen LogP contribution in [0.4, 0.5) is 0 Å². The first-order valence-corrected chi connectivity index (χ1v) is 6.79. The van der Waals surface area contributed by atoms with Gasteiger partial charge in [0, 0.05) is 18.8 Å². The molecule has 0 aliphatic heterocycles. The van der Waals surface area contributed by atoms with Gasteiger partial charge in [0.2, 0.25) is 0 Å². The second kappa shape index (κ2) is 5.53. The van der Waals surface area contributed by atoms with E-state index in [1.165, 1.54) is 12.1 Å². The van der Waals surface area contributed by atoms with Crippen molar-refractivity contribution in [3.8, 4) is 0 Å². The van der Waals surface area contributed by atoms with Gasteiger partial charge in [-0.2, -0.15) is 0 Å². The third kappa shape index (κ3) is 2.56. The highest BCUT2D eigenvalue weighted by Crippen LogP contribution is 2.13. The molecule has 0 aliphatic rings. The topological polar surface area (TPSA) is 29.3 Å². The van der Waals surface area contributed by atoms with Crippen LogP contribution in [0.5, 0.6) is 0 Å². The fourth-order valence-corrected chi connectivity index (χ4v) is 2.19. The smallest absolute Gasteiger partial charge is 0.137 e. The monoisotopic (exact) mass is 245 g/mol. The van der Waals surface area contributed by atoms with Crippen molar-refractivity contribution in [3.05, 3.63) is 35.8 Å². The molecule has 2 atom stereocenters. The van der Waals surface area contributed by atoms with Gasteiger partial charge in [0.05, 0.1) is 11.4 Å². The number of aromatic nitrogens is 2. The van der Waals surface area contributed by atoms with Gasteiger partial charge in [-0.3, -0.25) is 0 Å². The largest absolute Gasteiger partial charge is 0.308 e. The predicted molar refractivity (Wildman–Crippen MR) is 75.7 cm³/mol. The van der Waals surface area contributed by atoms with Crippen molar-refractivity contribution < 1.29 is 0 Å². The molecule has 0 aromatic carbocycles. The van der Waals surface area contributed by atoms with Crippen LogP contribution in [0.25, 0.3) is 5.65 Å². The van der Waals surface area contributed by atoms with Gasteiger partial charge in [-0.1, -0.05) is 26.3 Å². The lowest BCUT2D eigenvalue weighted by molar-refractivity contribution is 0.387. The van der Waals surface area contributed by atoms with Gasteiger partial charge in [0.15, 0.2) is 0 Å². The van der Waals surface area contributed by atoms with E-state index in [1.54, 1.807) is 0 Å². The standard InChI is InChI=1S/C15H23N3/c1-5-11(2)12(3)16-10-14-13(4)17-15-8-6-7-9-18(14)15/h6-9,11-12,16H,5,10H2,1-4H3. The van der Waals surface area contributed by atoms with Gasteiger partial charge >= 0.3 is 0 Å². The first-order chi connectivity index (χ1) is 8.63. The van der Waals surface area contributed by atoms with Crippen LogP contribution in [0.3, 0.4) is 0 Å². The molecule has 98 valence electrons. The van der Waals surface area contributed by atoms with Crippen molar-refractivity contribution in [1.29, 1.82) is 0 Å². The van der Waals surface area contributed by atoms with Crippen LogP contribution in [0.2, 0.25) is 0 Å². The number of pyridine rings is 1. The Balaban J connectivity index is 2.14. The molecule has 2 aromatic rings. The Kier molecular flexibility index (Phi) is 4.02. The highest BCUT2D eigenvalue weighted by Gasteiger charge is 2.12. The summed E-state index contributed by atoms with van der Waals surface area (Å²) in [5.41, 5.74) is 3.41. The van der Waals surface area contributed by atoms with Gasteiger partial charge in [-0.05, 0) is 31.9 Å². The normalized spacial score (nSPS) is 14.9. The maximum absolute atomic E-state index is 4.58. The van der Waals surface area contributed by atoms with E-state index in [0.717, 1.165) is 17.9 Å². The molecule has 18 heavy (non-hydrogen) atoms. The third-order valence-corrected chi connectivity index (χ3v) is 3.92. The molecule has 2 aromatic heterocycles. The van der Waals surface area contributed by atoms with E-state index in [-0.39, 0.29) is 0 Å². The van der Waals surface area contributed by atoms with Crippen LogP contribution in [0, 0.1) is 12.8 Å². The molecule has 0 bridgehead atoms. The number of hydrogen-bond donors (Lipinski definition) is 1. The van der Waals surface area contributed by atoms with Crippen LogP contribution in [-0.2, 0) is 6.54 Å². The quantitative estimate of drug-likeness (QED) is 0.876. The van der Waals surface area contributed by atoms with E-state index in [1.807, 2.05) is 6.07 Å². The summed E-state index contributed by atoms with van der Waals surface area (Å²) in [6, 6.07) is 6.66. The number of fused-ring (bicyclic) bond motifs is 1. The molecule has 2 rings (SSSR count). The number of imidazole rings is 1. The highest BCUT2D eigenvalue weighted by atomic mass is 15.0. The summed E-state index contributed by atoms with van der Waals surface area (Å²) in [5.74, 6) is 0.699. The Hall–Kier alpha value is -1.35. The van der Waals surface area contributed by atoms with Gasteiger partial charge < -0.3 is 9.72 Å². The van der Waals surface area contributed by atoms with E-state index < -0.39 is 0 Å². The van der Waals surface area contributed by atoms with Crippen molar-refractivity contribution >= 4 is 5.65 Å². The number of nitrogens with one attached hydrogen (secondary N) is 1. The molecule has 2 unspecified atom stereocenters. The van der Waals surface area contributed by atoms with Crippen molar-refractivity contribution in [1.82, 2.24) is 14.7 Å². The van der Waals surface area contributed by atoms with Gasteiger partial charge in [0.1, 0.15) is 5.65 Å². The van der Waals surface area contributed by atoms with Crippen LogP contribution >= 0.6 is 0 Å². The second-order valence-corrected chi connectivity index (χ2v) is 5.13. The molecule has 3 nitrogen and oxygen atoms in total. The summed E-state index contributed by atoms with van der Waals surface area (Å²) in [5, 5.41) is 3.61. The van der Waals surface area contributed by atoms with Gasteiger partial charge in [0.25, 0.3) is 0 Å². The van der Waals surface area contributed by atoms with Crippen molar-refractivity contribution in [2.75, 3.05) is 0 Å². The van der Waals surface area contributed by atoms with E-state index in [0.29, 0.717) is 12.0 Å². The van der Waals surface area contributed by atoms with Crippen molar-refractivity contribution in [3.63, 3.8) is 0 Å². The number of nitrogens with zero attached hydrogens (tertiary/aromatic N) is 2. The zero-order chi connectivity index (χ0) is 13.1. The van der Waals surface area contributed by atoms with E-state index >= 15 is 0 Å². The molecule has 1 N–H and O–H groups in total. The Labute approximate surface area is 109 Å². The SMILES string of the molecule is CCC(C)C(C)NCc1c(C)nc2ccccn12. The fourth-order valence-electron chi connectivity index (χ4n) is 2.19. The zero-order valence-corrected chi connectivity index (χ0v) is 11.8. The molecule has 2 heterocycles. The molecule has 0 saturated carbocycles. The summed E-state index contributed by atoms with van der Waals surface area (Å²) in [6.45, 7) is 9.74. The minimum atomic E-state index is 0.531. The Morgan fingerprint density at radius 2 is 2.11 bits per heavy atom. The first-order valence-electron chi connectivity index (χ1n) is 6.79. The molecular formula is C15H23N3. The lowest BCUT2D eigenvalue weighted by Crippen LogP contribution is -2.31. The van der Waals surface area contributed by atoms with Crippen molar-refractivity contribution in [2.24, 2.45) is 5.92 Å². The van der Waals surface area contributed by atoms with Gasteiger partial charge in [-0.25, -0.2) is 4.98 Å². The fraction of sp³-hybridized carbons (Fsp3) is 0.533. The van der Waals surface area contributed by atoms with E-state index in [9.17, 15) is 0 Å². The number of aryl methyl sites for hydroxylation is 1. The summed E-state index contributed by atoms with van der Waals surface area (Å²) in [7, 11) is 0. The second-order valence-electron chi connectivity index (χ2n) is 5.13. The molecule has 0 radical (unpaired) electrons. The van der Waals surface area contributed by atoms with Crippen LogP contribution in [0.15, 0.2) is 24.4 Å². The average molecular weight is 245 g/mol. The van der Waals surface area contributed by atoms with Crippen LogP contribution in [0.1, 0.15) is 38.6 Å². The molecule has 0 fully saturated rings. The minimum absolute atomic E-state index is 0.531. The lowest BCUT2D eigenvalue weighted by atomic mass is 10.0. The maximum atomic E-state index is 4.58. The van der Waals surface area contributed by atoms with Gasteiger partial charge in [-0.15, -0.1) is 0 Å². The summed E-state index contributed by atoms with van der Waals surface area (Å²) >= 11 is 0. The highest BCUT2D eigenvalue weighted by molar-refractivity contribution is 5.42. The molecule has 0 saturated heterocycles. The molecule has 0 spiro atoms. The Morgan fingerprint density at radius 1 is 1.33 bits per heavy atom. The van der Waals surface area contributed by atoms with E-state index in [2.05, 4.69) is 60.7 Å². The Morgan fingerprint density at radius 3 is 2.83 bits per heavy atom. The molecular weight excluding hydrogens is 222 g/mol. The minimum Gasteiger partial charge on any atom is -0.308 e.